The van der Waals surface area contributed by atoms with Gasteiger partial charge in [-0.3, -0.25) is 4.90 Å². The number of aliphatic hydroxyl groups is 2. The van der Waals surface area contributed by atoms with Gasteiger partial charge in [-0.15, -0.1) is 0 Å². The van der Waals surface area contributed by atoms with Gasteiger partial charge in [0.2, 0.25) is 0 Å². The zero-order valence-electron chi connectivity index (χ0n) is 16.1. The highest BCUT2D eigenvalue weighted by Gasteiger charge is 2.34. The van der Waals surface area contributed by atoms with Crippen LogP contribution in [0.25, 0.3) is 0 Å². The number of aryl methyl sites for hydroxylation is 1. The number of aliphatic hydroxyl groups excluding tert-OH is 1. The molecular formula is C23H31NO3. The van der Waals surface area contributed by atoms with Crippen LogP contribution in [0, 0.1) is 0 Å². The molecule has 4 heteroatoms. The van der Waals surface area contributed by atoms with E-state index >= 15 is 0 Å². The fourth-order valence-electron chi connectivity index (χ4n) is 4.01. The SMILES string of the molecule is CC(C(O)c1ccc(O)cc1)N1CCC(O)(CCCc2ccccc2)CC1. The molecule has 1 saturated heterocycles. The van der Waals surface area contributed by atoms with E-state index in [0.717, 1.165) is 50.8 Å². The lowest BCUT2D eigenvalue weighted by Crippen LogP contribution is -2.49. The fourth-order valence-corrected chi connectivity index (χ4v) is 4.01. The van der Waals surface area contributed by atoms with Gasteiger partial charge in [0.15, 0.2) is 0 Å². The molecular weight excluding hydrogens is 338 g/mol. The Morgan fingerprint density at radius 3 is 2.26 bits per heavy atom. The minimum atomic E-state index is -0.602. The van der Waals surface area contributed by atoms with E-state index in [1.807, 2.05) is 13.0 Å². The van der Waals surface area contributed by atoms with Gasteiger partial charge in [-0.25, -0.2) is 0 Å². The maximum atomic E-state index is 10.9. The molecule has 2 atom stereocenters. The minimum Gasteiger partial charge on any atom is -0.508 e. The molecule has 1 aliphatic heterocycles. The molecule has 146 valence electrons. The van der Waals surface area contributed by atoms with Crippen molar-refractivity contribution in [3.63, 3.8) is 0 Å². The highest BCUT2D eigenvalue weighted by atomic mass is 16.3. The average molecular weight is 370 g/mol. The predicted octanol–water partition coefficient (Wildman–Crippen LogP) is 3.66. The van der Waals surface area contributed by atoms with Crippen molar-refractivity contribution < 1.29 is 15.3 Å². The molecule has 0 saturated carbocycles. The summed E-state index contributed by atoms with van der Waals surface area (Å²) in [5.74, 6) is 0.206. The molecule has 0 amide bonds. The number of benzene rings is 2. The van der Waals surface area contributed by atoms with Gasteiger partial charge in [0, 0.05) is 19.1 Å². The first-order chi connectivity index (χ1) is 13.0. The standard InChI is InChI=1S/C23H31NO3/c1-18(22(26)20-9-11-21(25)12-10-20)24-16-14-23(27,15-17-24)13-5-8-19-6-3-2-4-7-19/h2-4,6-7,9-12,18,22,25-27H,5,8,13-17H2,1H3. The van der Waals surface area contributed by atoms with E-state index in [1.165, 1.54) is 5.56 Å². The largest absolute Gasteiger partial charge is 0.508 e. The first-order valence-electron chi connectivity index (χ1n) is 9.94. The maximum Gasteiger partial charge on any atom is 0.115 e. The monoisotopic (exact) mass is 369 g/mol. The van der Waals surface area contributed by atoms with Gasteiger partial charge in [-0.2, -0.15) is 0 Å². The van der Waals surface area contributed by atoms with E-state index in [0.29, 0.717) is 0 Å². The molecule has 0 aromatic heterocycles. The molecule has 0 aliphatic carbocycles. The molecule has 0 radical (unpaired) electrons. The molecule has 3 N–H and O–H groups in total. The van der Waals surface area contributed by atoms with E-state index in [2.05, 4.69) is 29.2 Å². The van der Waals surface area contributed by atoms with Gasteiger partial charge in [0.05, 0.1) is 11.7 Å². The Kier molecular flexibility index (Phi) is 6.53. The summed E-state index contributed by atoms with van der Waals surface area (Å²) in [7, 11) is 0. The van der Waals surface area contributed by atoms with Crippen LogP contribution in [0.5, 0.6) is 5.75 Å². The number of piperidine rings is 1. The number of nitrogens with zero attached hydrogens (tertiary/aromatic N) is 1. The number of phenols is 1. The van der Waals surface area contributed by atoms with Crippen LogP contribution in [0.3, 0.4) is 0 Å². The van der Waals surface area contributed by atoms with Crippen LogP contribution in [0.15, 0.2) is 54.6 Å². The van der Waals surface area contributed by atoms with Crippen LogP contribution in [-0.4, -0.2) is 45.0 Å². The molecule has 1 aliphatic rings. The van der Waals surface area contributed by atoms with E-state index in [4.69, 9.17) is 0 Å². The lowest BCUT2D eigenvalue weighted by molar-refractivity contribution is -0.0515. The summed E-state index contributed by atoms with van der Waals surface area (Å²) in [6.07, 6.45) is 3.71. The molecule has 0 bridgehead atoms. The molecule has 2 unspecified atom stereocenters. The molecule has 2 aromatic rings. The average Bonchev–Trinajstić information content (AvgIpc) is 2.69. The Labute approximate surface area is 162 Å². The van der Waals surface area contributed by atoms with Crippen molar-refractivity contribution in [2.24, 2.45) is 0 Å². The van der Waals surface area contributed by atoms with Crippen LogP contribution >= 0.6 is 0 Å². The van der Waals surface area contributed by atoms with Crippen molar-refractivity contribution in [1.82, 2.24) is 4.90 Å². The second kappa shape index (κ2) is 8.87. The van der Waals surface area contributed by atoms with Crippen molar-refractivity contribution in [3.8, 4) is 5.75 Å². The van der Waals surface area contributed by atoms with E-state index in [9.17, 15) is 15.3 Å². The lowest BCUT2D eigenvalue weighted by Gasteiger charge is -2.42. The second-order valence-corrected chi connectivity index (χ2v) is 7.88. The molecule has 2 aromatic carbocycles. The van der Waals surface area contributed by atoms with Crippen LogP contribution in [-0.2, 0) is 6.42 Å². The normalized spacial score (nSPS) is 19.5. The summed E-state index contributed by atoms with van der Waals surface area (Å²) in [6.45, 7) is 3.60. The number of hydrogen-bond donors (Lipinski definition) is 3. The van der Waals surface area contributed by atoms with Crippen molar-refractivity contribution in [1.29, 1.82) is 0 Å². The topological polar surface area (TPSA) is 63.9 Å². The fraction of sp³-hybridized carbons (Fsp3) is 0.478. The summed E-state index contributed by atoms with van der Waals surface area (Å²) in [6, 6.07) is 17.1. The second-order valence-electron chi connectivity index (χ2n) is 7.88. The van der Waals surface area contributed by atoms with Crippen LogP contribution in [0.4, 0.5) is 0 Å². The van der Waals surface area contributed by atoms with E-state index in [1.54, 1.807) is 24.3 Å². The molecule has 0 spiro atoms. The summed E-state index contributed by atoms with van der Waals surface area (Å²) in [5, 5.41) is 31.0. The Hall–Kier alpha value is -1.88. The molecule has 1 heterocycles. The Bertz CT molecular complexity index is 693. The number of rotatable bonds is 7. The lowest BCUT2D eigenvalue weighted by atomic mass is 9.85. The van der Waals surface area contributed by atoms with Crippen molar-refractivity contribution in [3.05, 3.63) is 65.7 Å². The first kappa shape index (κ1) is 19.9. The smallest absolute Gasteiger partial charge is 0.115 e. The van der Waals surface area contributed by atoms with Gasteiger partial charge < -0.3 is 15.3 Å². The van der Waals surface area contributed by atoms with Crippen LogP contribution in [0.2, 0.25) is 0 Å². The van der Waals surface area contributed by atoms with Gasteiger partial charge in [-0.1, -0.05) is 42.5 Å². The zero-order chi connectivity index (χ0) is 19.3. The molecule has 1 fully saturated rings. The van der Waals surface area contributed by atoms with Gasteiger partial charge in [0.1, 0.15) is 5.75 Å². The summed E-state index contributed by atoms with van der Waals surface area (Å²) < 4.78 is 0. The Morgan fingerprint density at radius 1 is 1.00 bits per heavy atom. The maximum absolute atomic E-state index is 10.9. The van der Waals surface area contributed by atoms with Gasteiger partial charge >= 0.3 is 0 Å². The third-order valence-corrected chi connectivity index (χ3v) is 5.95. The van der Waals surface area contributed by atoms with E-state index in [-0.39, 0.29) is 11.8 Å². The van der Waals surface area contributed by atoms with Crippen molar-refractivity contribution in [2.45, 2.75) is 56.8 Å². The molecule has 3 rings (SSSR count). The number of hydrogen-bond acceptors (Lipinski definition) is 4. The quantitative estimate of drug-likeness (QED) is 0.697. The molecule has 27 heavy (non-hydrogen) atoms. The number of phenolic OH excluding ortho intramolecular Hbond substituents is 1. The van der Waals surface area contributed by atoms with Gasteiger partial charge in [-0.05, 0) is 62.3 Å². The zero-order valence-corrected chi connectivity index (χ0v) is 16.1. The van der Waals surface area contributed by atoms with Crippen molar-refractivity contribution in [2.75, 3.05) is 13.1 Å². The number of likely N-dealkylation sites (tertiary alicyclic amines) is 1. The minimum absolute atomic E-state index is 0.0246. The van der Waals surface area contributed by atoms with Crippen LogP contribution in [0.1, 0.15) is 49.8 Å². The Morgan fingerprint density at radius 2 is 1.63 bits per heavy atom. The Balaban J connectivity index is 1.47. The van der Waals surface area contributed by atoms with Gasteiger partial charge in [0.25, 0.3) is 0 Å². The predicted molar refractivity (Wildman–Crippen MR) is 108 cm³/mol. The van der Waals surface area contributed by atoms with Crippen molar-refractivity contribution >= 4 is 0 Å². The van der Waals surface area contributed by atoms with Crippen LogP contribution < -0.4 is 0 Å². The molecule has 4 nitrogen and oxygen atoms in total. The summed E-state index contributed by atoms with van der Waals surface area (Å²) in [4.78, 5) is 2.25. The highest BCUT2D eigenvalue weighted by molar-refractivity contribution is 5.28. The summed E-state index contributed by atoms with van der Waals surface area (Å²) in [5.41, 5.74) is 1.54. The summed E-state index contributed by atoms with van der Waals surface area (Å²) >= 11 is 0. The number of aromatic hydroxyl groups is 1. The third kappa shape index (κ3) is 5.32. The third-order valence-electron chi connectivity index (χ3n) is 5.95. The van der Waals surface area contributed by atoms with E-state index < -0.39 is 11.7 Å². The first-order valence-corrected chi connectivity index (χ1v) is 9.94. The highest BCUT2D eigenvalue weighted by Crippen LogP contribution is 2.31.